The van der Waals surface area contributed by atoms with Crippen LogP contribution in [0, 0.1) is 25.2 Å². The molecule has 3 rings (SSSR count). The number of aryl methyl sites for hydroxylation is 2. The molecule has 7 nitrogen and oxygen atoms in total. The summed E-state index contributed by atoms with van der Waals surface area (Å²) in [6.07, 6.45) is 1.42. The van der Waals surface area contributed by atoms with Crippen LogP contribution in [0.25, 0.3) is 6.08 Å². The Hall–Kier alpha value is -4.28. The zero-order valence-corrected chi connectivity index (χ0v) is 21.0. The van der Waals surface area contributed by atoms with Gasteiger partial charge in [-0.05, 0) is 92.1 Å². The van der Waals surface area contributed by atoms with E-state index in [1.807, 2.05) is 45.0 Å². The summed E-state index contributed by atoms with van der Waals surface area (Å²) in [6.45, 7) is 6.17. The summed E-state index contributed by atoms with van der Waals surface area (Å²) in [4.78, 5) is 24.8. The maximum atomic E-state index is 12.5. The van der Waals surface area contributed by atoms with Gasteiger partial charge in [-0.25, -0.2) is 0 Å². The van der Waals surface area contributed by atoms with Gasteiger partial charge in [0.2, 0.25) is 0 Å². The number of amides is 2. The molecule has 0 saturated heterocycles. The molecule has 0 fully saturated rings. The predicted octanol–water partition coefficient (Wildman–Crippen LogP) is 5.92. The van der Waals surface area contributed by atoms with Crippen molar-refractivity contribution in [2.24, 2.45) is 0 Å². The quantitative estimate of drug-likeness (QED) is 0.279. The highest BCUT2D eigenvalue weighted by Crippen LogP contribution is 2.27. The van der Waals surface area contributed by atoms with Crippen molar-refractivity contribution in [3.05, 3.63) is 87.9 Å². The Morgan fingerprint density at radius 2 is 1.67 bits per heavy atom. The number of rotatable bonds is 9. The van der Waals surface area contributed by atoms with Crippen molar-refractivity contribution < 1.29 is 19.1 Å². The average molecular weight is 504 g/mol. The second-order valence-corrected chi connectivity index (χ2v) is 8.31. The van der Waals surface area contributed by atoms with Crippen molar-refractivity contribution in [2.75, 3.05) is 23.8 Å². The third kappa shape index (κ3) is 7.36. The molecule has 36 heavy (non-hydrogen) atoms. The maximum Gasteiger partial charge on any atom is 0.266 e. The van der Waals surface area contributed by atoms with Gasteiger partial charge in [0.1, 0.15) is 23.1 Å². The average Bonchev–Trinajstić information content (AvgIpc) is 2.85. The number of carbonyl (C=O) groups excluding carboxylic acids is 2. The Morgan fingerprint density at radius 1 is 0.944 bits per heavy atom. The van der Waals surface area contributed by atoms with E-state index in [0.29, 0.717) is 35.0 Å². The zero-order valence-electron chi connectivity index (χ0n) is 20.2. The molecular weight excluding hydrogens is 478 g/mol. The van der Waals surface area contributed by atoms with Crippen LogP contribution in [-0.4, -0.2) is 25.0 Å². The first-order chi connectivity index (χ1) is 17.3. The number of halogens is 1. The predicted molar refractivity (Wildman–Crippen MR) is 141 cm³/mol. The lowest BCUT2D eigenvalue weighted by molar-refractivity contribution is -0.118. The number of nitrogens with one attached hydrogen (secondary N) is 2. The highest BCUT2D eigenvalue weighted by molar-refractivity contribution is 6.32. The fourth-order valence-corrected chi connectivity index (χ4v) is 3.44. The summed E-state index contributed by atoms with van der Waals surface area (Å²) in [6, 6.07) is 19.2. The lowest BCUT2D eigenvalue weighted by atomic mass is 10.1. The van der Waals surface area contributed by atoms with Gasteiger partial charge in [-0.1, -0.05) is 23.7 Å². The highest BCUT2D eigenvalue weighted by atomic mass is 35.5. The molecular formula is C28H26ClN3O4. The molecule has 184 valence electrons. The molecule has 2 N–H and O–H groups in total. The van der Waals surface area contributed by atoms with Gasteiger partial charge in [-0.3, -0.25) is 9.59 Å². The van der Waals surface area contributed by atoms with Crippen LogP contribution in [-0.2, 0) is 9.59 Å². The van der Waals surface area contributed by atoms with E-state index in [0.717, 1.165) is 11.1 Å². The van der Waals surface area contributed by atoms with E-state index < -0.39 is 5.91 Å². The van der Waals surface area contributed by atoms with Crippen molar-refractivity contribution in [2.45, 2.75) is 20.8 Å². The number of nitriles is 1. The van der Waals surface area contributed by atoms with Crippen LogP contribution in [0.3, 0.4) is 0 Å². The molecule has 8 heteroatoms. The number of nitrogens with zero attached hydrogens (tertiary/aromatic N) is 1. The smallest absolute Gasteiger partial charge is 0.266 e. The fourth-order valence-electron chi connectivity index (χ4n) is 3.20. The van der Waals surface area contributed by atoms with Gasteiger partial charge < -0.3 is 20.1 Å². The first-order valence-electron chi connectivity index (χ1n) is 11.2. The van der Waals surface area contributed by atoms with Crippen molar-refractivity contribution in [3.63, 3.8) is 0 Å². The van der Waals surface area contributed by atoms with Crippen molar-refractivity contribution in [3.8, 4) is 17.6 Å². The van der Waals surface area contributed by atoms with E-state index >= 15 is 0 Å². The molecule has 0 saturated carbocycles. The number of carbonyl (C=O) groups is 2. The minimum atomic E-state index is -0.555. The fraction of sp³-hybridized carbons (Fsp3) is 0.179. The molecule has 0 spiro atoms. The Morgan fingerprint density at radius 3 is 2.31 bits per heavy atom. The van der Waals surface area contributed by atoms with Crippen LogP contribution in [0.1, 0.15) is 23.6 Å². The van der Waals surface area contributed by atoms with Crippen LogP contribution < -0.4 is 20.1 Å². The molecule has 0 aliphatic carbocycles. The van der Waals surface area contributed by atoms with Crippen LogP contribution in [0.5, 0.6) is 11.5 Å². The number of anilines is 2. The standard InChI is InChI=1S/C28H26ClN3O4/c1-4-35-24-10-8-22(9-11-24)32-28(34)21(16-30)14-20-6-12-26(25(29)15-20)36-17-27(33)31-23-7-5-18(2)19(3)13-23/h5-15H,4,17H2,1-3H3,(H,31,33)(H,32,34)/b21-14+. The Bertz CT molecular complexity index is 1330. The summed E-state index contributed by atoms with van der Waals surface area (Å²) in [7, 11) is 0. The lowest BCUT2D eigenvalue weighted by Crippen LogP contribution is -2.20. The highest BCUT2D eigenvalue weighted by Gasteiger charge is 2.12. The van der Waals surface area contributed by atoms with Crippen molar-refractivity contribution in [1.29, 1.82) is 5.26 Å². The summed E-state index contributed by atoms with van der Waals surface area (Å²) in [5.74, 6) is 0.116. The molecule has 0 bridgehead atoms. The van der Waals surface area contributed by atoms with Gasteiger partial charge in [0, 0.05) is 11.4 Å². The van der Waals surface area contributed by atoms with Gasteiger partial charge in [0.25, 0.3) is 11.8 Å². The van der Waals surface area contributed by atoms with E-state index in [9.17, 15) is 14.9 Å². The first kappa shape index (κ1) is 26.3. The number of hydrogen-bond donors (Lipinski definition) is 2. The molecule has 0 radical (unpaired) electrons. The SMILES string of the molecule is CCOc1ccc(NC(=O)/C(C#N)=C/c2ccc(OCC(=O)Nc3ccc(C)c(C)c3)c(Cl)c2)cc1. The van der Waals surface area contributed by atoms with Crippen LogP contribution in [0.15, 0.2) is 66.2 Å². The number of benzene rings is 3. The van der Waals surface area contributed by atoms with E-state index in [4.69, 9.17) is 21.1 Å². The lowest BCUT2D eigenvalue weighted by Gasteiger charge is -2.10. The number of hydrogen-bond acceptors (Lipinski definition) is 5. The topological polar surface area (TPSA) is 100 Å². The van der Waals surface area contributed by atoms with Gasteiger partial charge in [-0.2, -0.15) is 5.26 Å². The van der Waals surface area contributed by atoms with Crippen molar-refractivity contribution >= 4 is 40.9 Å². The van der Waals surface area contributed by atoms with E-state index in [1.54, 1.807) is 42.5 Å². The third-order valence-electron chi connectivity index (χ3n) is 5.20. The van der Waals surface area contributed by atoms with Gasteiger partial charge in [-0.15, -0.1) is 0 Å². The maximum absolute atomic E-state index is 12.5. The monoisotopic (exact) mass is 503 g/mol. The third-order valence-corrected chi connectivity index (χ3v) is 5.50. The van der Waals surface area contributed by atoms with Crippen molar-refractivity contribution in [1.82, 2.24) is 0 Å². The van der Waals surface area contributed by atoms with Crippen LogP contribution in [0.4, 0.5) is 11.4 Å². The van der Waals surface area contributed by atoms with E-state index in [2.05, 4.69) is 10.6 Å². The Balaban J connectivity index is 1.61. The molecule has 0 atom stereocenters. The van der Waals surface area contributed by atoms with E-state index in [-0.39, 0.29) is 23.1 Å². The van der Waals surface area contributed by atoms with Gasteiger partial charge in [0.15, 0.2) is 6.61 Å². The van der Waals surface area contributed by atoms with Crippen LogP contribution in [0.2, 0.25) is 5.02 Å². The molecule has 0 unspecified atom stereocenters. The molecule has 0 heterocycles. The van der Waals surface area contributed by atoms with Gasteiger partial charge >= 0.3 is 0 Å². The second kappa shape index (κ2) is 12.4. The number of ether oxygens (including phenoxy) is 2. The Kier molecular flexibility index (Phi) is 9.09. The molecule has 0 aromatic heterocycles. The molecule has 0 aliphatic rings. The minimum absolute atomic E-state index is 0.0959. The van der Waals surface area contributed by atoms with Crippen LogP contribution >= 0.6 is 11.6 Å². The second-order valence-electron chi connectivity index (χ2n) is 7.91. The minimum Gasteiger partial charge on any atom is -0.494 e. The van der Waals surface area contributed by atoms with E-state index in [1.165, 1.54) is 6.08 Å². The normalized spacial score (nSPS) is 10.8. The molecule has 0 aliphatic heterocycles. The van der Waals surface area contributed by atoms with Gasteiger partial charge in [0.05, 0.1) is 11.6 Å². The zero-order chi connectivity index (χ0) is 26.1. The first-order valence-corrected chi connectivity index (χ1v) is 11.6. The summed E-state index contributed by atoms with van der Waals surface area (Å²) in [5.41, 5.74) is 3.87. The summed E-state index contributed by atoms with van der Waals surface area (Å²) < 4.78 is 10.9. The molecule has 2 amide bonds. The summed E-state index contributed by atoms with van der Waals surface area (Å²) in [5, 5.41) is 15.2. The Labute approximate surface area is 215 Å². The molecule has 3 aromatic carbocycles. The molecule has 3 aromatic rings. The summed E-state index contributed by atoms with van der Waals surface area (Å²) >= 11 is 6.31. The largest absolute Gasteiger partial charge is 0.494 e.